The number of aliphatic hydroxyl groups is 1. The van der Waals surface area contributed by atoms with E-state index >= 15 is 0 Å². The molecule has 1 aromatic heterocycles. The summed E-state index contributed by atoms with van der Waals surface area (Å²) < 4.78 is 5.21. The molecule has 0 radical (unpaired) electrons. The van der Waals surface area contributed by atoms with E-state index < -0.39 is 5.63 Å². The van der Waals surface area contributed by atoms with Crippen molar-refractivity contribution in [2.24, 2.45) is 0 Å². The quantitative estimate of drug-likeness (QED) is 0.584. The average molecular weight is 305 g/mol. The van der Waals surface area contributed by atoms with Crippen LogP contribution in [0.2, 0.25) is 0 Å². The monoisotopic (exact) mass is 305 g/mol. The molecule has 4 nitrogen and oxygen atoms in total. The number of aliphatic hydroxyl groups excluding tert-OH is 1. The minimum atomic E-state index is -0.582. The maximum absolute atomic E-state index is 11.9. The summed E-state index contributed by atoms with van der Waals surface area (Å²) in [5, 5.41) is 9.97. The highest BCUT2D eigenvalue weighted by Crippen LogP contribution is 2.13. The van der Waals surface area contributed by atoms with E-state index in [2.05, 4.69) is 4.98 Å². The van der Waals surface area contributed by atoms with Gasteiger partial charge in [-0.05, 0) is 36.3 Å². The molecule has 0 unspecified atom stereocenters. The summed E-state index contributed by atoms with van der Waals surface area (Å²) >= 11 is 0. The Hall–Kier alpha value is -3.14. The van der Waals surface area contributed by atoms with Crippen molar-refractivity contribution in [2.75, 3.05) is 0 Å². The lowest BCUT2D eigenvalue weighted by atomic mass is 10.2. The van der Waals surface area contributed by atoms with Crippen LogP contribution in [0.25, 0.3) is 23.3 Å². The predicted molar refractivity (Wildman–Crippen MR) is 91.1 cm³/mol. The topological polar surface area (TPSA) is 63.3 Å². The standard InChI is InChI=1S/C19H15NO3/c1-13-7-10-18-16(11-13)20-17(19(22)23-18)12-15(21)9-8-14-5-3-2-4-6-14/h2-12,21H,1H3. The molecule has 3 rings (SSSR count). The molecule has 0 bridgehead atoms. The zero-order valence-corrected chi connectivity index (χ0v) is 12.6. The number of hydrogen-bond donors (Lipinski definition) is 1. The Bertz CT molecular complexity index is 953. The molecule has 0 amide bonds. The third-order valence-electron chi connectivity index (χ3n) is 3.30. The van der Waals surface area contributed by atoms with Gasteiger partial charge in [0.2, 0.25) is 0 Å². The van der Waals surface area contributed by atoms with E-state index in [-0.39, 0.29) is 11.5 Å². The second kappa shape index (κ2) is 6.32. The Kier molecular flexibility index (Phi) is 4.06. The molecule has 114 valence electrons. The van der Waals surface area contributed by atoms with Crippen LogP contribution in [0.4, 0.5) is 0 Å². The number of fused-ring (bicyclic) bond motifs is 1. The van der Waals surface area contributed by atoms with Crippen molar-refractivity contribution in [1.29, 1.82) is 0 Å². The molecule has 0 saturated heterocycles. The van der Waals surface area contributed by atoms with Crippen molar-refractivity contribution in [3.05, 3.63) is 87.6 Å². The first-order valence-electron chi connectivity index (χ1n) is 7.17. The molecule has 0 aliphatic carbocycles. The van der Waals surface area contributed by atoms with Crippen molar-refractivity contribution in [3.63, 3.8) is 0 Å². The van der Waals surface area contributed by atoms with E-state index in [1.54, 1.807) is 12.1 Å². The van der Waals surface area contributed by atoms with Gasteiger partial charge in [-0.15, -0.1) is 0 Å². The molecule has 1 N–H and O–H groups in total. The fourth-order valence-electron chi connectivity index (χ4n) is 2.15. The number of allylic oxidation sites excluding steroid dienone is 1. The van der Waals surface area contributed by atoms with Gasteiger partial charge in [0.1, 0.15) is 11.3 Å². The first-order chi connectivity index (χ1) is 11.1. The molecule has 0 atom stereocenters. The van der Waals surface area contributed by atoms with Crippen LogP contribution in [0.1, 0.15) is 16.8 Å². The number of aromatic nitrogens is 1. The van der Waals surface area contributed by atoms with Gasteiger partial charge < -0.3 is 9.52 Å². The zero-order chi connectivity index (χ0) is 16.2. The van der Waals surface area contributed by atoms with Gasteiger partial charge in [-0.3, -0.25) is 0 Å². The zero-order valence-electron chi connectivity index (χ0n) is 12.6. The van der Waals surface area contributed by atoms with Crippen LogP contribution >= 0.6 is 0 Å². The molecule has 0 saturated carbocycles. The van der Waals surface area contributed by atoms with Gasteiger partial charge in [0.15, 0.2) is 11.3 Å². The van der Waals surface area contributed by atoms with E-state index in [0.29, 0.717) is 11.1 Å². The second-order valence-electron chi connectivity index (χ2n) is 5.17. The van der Waals surface area contributed by atoms with Gasteiger partial charge in [0.05, 0.1) is 0 Å². The average Bonchev–Trinajstić information content (AvgIpc) is 2.55. The summed E-state index contributed by atoms with van der Waals surface area (Å²) in [7, 11) is 0. The maximum atomic E-state index is 11.9. The second-order valence-corrected chi connectivity index (χ2v) is 5.17. The van der Waals surface area contributed by atoms with Gasteiger partial charge in [-0.1, -0.05) is 42.5 Å². The SMILES string of the molecule is Cc1ccc2oc(=O)c(C=C(O)C=Cc3ccccc3)nc2c1. The van der Waals surface area contributed by atoms with E-state index in [4.69, 9.17) is 4.42 Å². The molecular formula is C19H15NO3. The molecule has 3 aromatic rings. The highest BCUT2D eigenvalue weighted by atomic mass is 16.4. The van der Waals surface area contributed by atoms with Crippen LogP contribution in [0.15, 0.2) is 69.6 Å². The minimum Gasteiger partial charge on any atom is -0.508 e. The van der Waals surface area contributed by atoms with Gasteiger partial charge in [-0.25, -0.2) is 9.78 Å². The maximum Gasteiger partial charge on any atom is 0.362 e. The van der Waals surface area contributed by atoms with Gasteiger partial charge in [0.25, 0.3) is 0 Å². The first kappa shape index (κ1) is 14.8. The Morgan fingerprint density at radius 3 is 2.74 bits per heavy atom. The Morgan fingerprint density at radius 1 is 1.17 bits per heavy atom. The number of hydrogen-bond acceptors (Lipinski definition) is 4. The summed E-state index contributed by atoms with van der Waals surface area (Å²) in [4.78, 5) is 16.2. The molecule has 0 aliphatic heterocycles. The third kappa shape index (κ3) is 3.55. The molecule has 0 spiro atoms. The lowest BCUT2D eigenvalue weighted by Crippen LogP contribution is -2.06. The largest absolute Gasteiger partial charge is 0.508 e. The van der Waals surface area contributed by atoms with E-state index in [0.717, 1.165) is 11.1 Å². The number of aryl methyl sites for hydroxylation is 1. The third-order valence-corrected chi connectivity index (χ3v) is 3.30. The smallest absolute Gasteiger partial charge is 0.362 e. The number of nitrogens with zero attached hydrogens (tertiary/aromatic N) is 1. The van der Waals surface area contributed by atoms with Crippen molar-refractivity contribution >= 4 is 23.3 Å². The molecular weight excluding hydrogens is 290 g/mol. The lowest BCUT2D eigenvalue weighted by Gasteiger charge is -1.99. The molecule has 4 heteroatoms. The van der Waals surface area contributed by atoms with Crippen molar-refractivity contribution < 1.29 is 9.52 Å². The summed E-state index contributed by atoms with van der Waals surface area (Å²) in [6.07, 6.45) is 4.56. The van der Waals surface area contributed by atoms with Crippen molar-refractivity contribution in [2.45, 2.75) is 6.92 Å². The Balaban J connectivity index is 1.94. The summed E-state index contributed by atoms with van der Waals surface area (Å²) in [6, 6.07) is 14.9. The van der Waals surface area contributed by atoms with Crippen molar-refractivity contribution in [1.82, 2.24) is 4.98 Å². The Labute approximate surface area is 133 Å². The highest BCUT2D eigenvalue weighted by Gasteiger charge is 2.05. The van der Waals surface area contributed by atoms with Gasteiger partial charge >= 0.3 is 5.63 Å². The van der Waals surface area contributed by atoms with E-state index in [1.807, 2.05) is 49.4 Å². The van der Waals surface area contributed by atoms with Crippen LogP contribution in [0.3, 0.4) is 0 Å². The van der Waals surface area contributed by atoms with Crippen LogP contribution in [-0.2, 0) is 0 Å². The van der Waals surface area contributed by atoms with E-state index in [9.17, 15) is 9.90 Å². The first-order valence-corrected chi connectivity index (χ1v) is 7.17. The highest BCUT2D eigenvalue weighted by molar-refractivity contribution is 5.73. The van der Waals surface area contributed by atoms with Gasteiger partial charge in [0, 0.05) is 6.08 Å². The van der Waals surface area contributed by atoms with Crippen LogP contribution in [0.5, 0.6) is 0 Å². The fraction of sp³-hybridized carbons (Fsp3) is 0.0526. The molecule has 23 heavy (non-hydrogen) atoms. The van der Waals surface area contributed by atoms with Crippen LogP contribution < -0.4 is 5.63 Å². The molecule has 2 aromatic carbocycles. The van der Waals surface area contributed by atoms with Gasteiger partial charge in [-0.2, -0.15) is 0 Å². The number of rotatable bonds is 3. The summed E-state index contributed by atoms with van der Waals surface area (Å²) in [5.74, 6) is -0.0688. The normalized spacial score (nSPS) is 12.1. The minimum absolute atomic E-state index is 0.0679. The summed E-state index contributed by atoms with van der Waals surface area (Å²) in [5.41, 5.74) is 2.45. The molecule has 0 aliphatic rings. The van der Waals surface area contributed by atoms with Crippen molar-refractivity contribution in [3.8, 4) is 0 Å². The summed E-state index contributed by atoms with van der Waals surface area (Å²) in [6.45, 7) is 1.93. The van der Waals surface area contributed by atoms with Crippen LogP contribution in [-0.4, -0.2) is 10.1 Å². The van der Waals surface area contributed by atoms with E-state index in [1.165, 1.54) is 12.2 Å². The molecule has 1 heterocycles. The fourth-order valence-corrected chi connectivity index (χ4v) is 2.15. The lowest BCUT2D eigenvalue weighted by molar-refractivity contribution is 0.437. The molecule has 0 fully saturated rings. The number of benzene rings is 2. The predicted octanol–water partition coefficient (Wildman–Crippen LogP) is 4.11. The Morgan fingerprint density at radius 2 is 1.96 bits per heavy atom. The van der Waals surface area contributed by atoms with Crippen LogP contribution in [0, 0.1) is 6.92 Å².